The molecule has 2 aliphatic rings. The minimum atomic E-state index is -2.87. The van der Waals surface area contributed by atoms with Crippen LogP contribution in [-0.4, -0.2) is 56.6 Å². The van der Waals surface area contributed by atoms with Gasteiger partial charge in [0.05, 0.1) is 15.8 Å². The Morgan fingerprint density at radius 1 is 1.22 bits per heavy atom. The lowest BCUT2D eigenvalue weighted by molar-refractivity contribution is -0.125. The van der Waals surface area contributed by atoms with Gasteiger partial charge in [0.15, 0.2) is 0 Å². The molecule has 0 unspecified atom stereocenters. The molecule has 1 aromatic carbocycles. The van der Waals surface area contributed by atoms with Crippen molar-refractivity contribution >= 4 is 52.0 Å². The van der Waals surface area contributed by atoms with E-state index < -0.39 is 23.9 Å². The third kappa shape index (κ3) is 6.58. The molecular formula is C24H27ClF2N4O4S. The predicted molar refractivity (Wildman–Crippen MR) is 134 cm³/mol. The van der Waals surface area contributed by atoms with Crippen LogP contribution in [0, 0.1) is 5.92 Å². The Kier molecular flexibility index (Phi) is 8.89. The Balaban J connectivity index is 1.46. The number of halogens is 3. The summed E-state index contributed by atoms with van der Waals surface area (Å²) in [6.07, 6.45) is 0.368. The molecule has 3 amide bonds. The van der Waals surface area contributed by atoms with Crippen LogP contribution < -0.4 is 20.9 Å². The molecule has 36 heavy (non-hydrogen) atoms. The fourth-order valence-corrected chi connectivity index (χ4v) is 4.96. The van der Waals surface area contributed by atoms with Gasteiger partial charge in [-0.25, -0.2) is 8.78 Å². The van der Waals surface area contributed by atoms with Crippen molar-refractivity contribution in [2.24, 2.45) is 5.92 Å². The zero-order valence-corrected chi connectivity index (χ0v) is 21.0. The second-order valence-corrected chi connectivity index (χ2v) is 10.4. The normalized spacial score (nSPS) is 17.1. The second kappa shape index (κ2) is 12.1. The van der Waals surface area contributed by atoms with Gasteiger partial charge in [-0.1, -0.05) is 18.0 Å². The fourth-order valence-electron chi connectivity index (χ4n) is 4.00. The molecule has 1 aliphatic carbocycles. The van der Waals surface area contributed by atoms with Gasteiger partial charge in [0.25, 0.3) is 18.2 Å². The molecule has 4 rings (SSSR count). The van der Waals surface area contributed by atoms with E-state index in [1.54, 1.807) is 12.1 Å². The van der Waals surface area contributed by atoms with Crippen molar-refractivity contribution in [3.8, 4) is 0 Å². The van der Waals surface area contributed by atoms with Gasteiger partial charge in [-0.2, -0.15) is 0 Å². The molecule has 1 aromatic heterocycles. The summed E-state index contributed by atoms with van der Waals surface area (Å²) < 4.78 is 33.4. The largest absolute Gasteiger partial charge is 0.370 e. The number of hydrogen-bond donors (Lipinski definition) is 3. The van der Waals surface area contributed by atoms with Crippen LogP contribution in [0.2, 0.25) is 4.34 Å². The molecule has 1 saturated carbocycles. The predicted octanol–water partition coefficient (Wildman–Crippen LogP) is 3.83. The molecular weight excluding hydrogens is 514 g/mol. The number of morpholine rings is 1. The van der Waals surface area contributed by atoms with Crippen molar-refractivity contribution in [3.63, 3.8) is 0 Å². The number of nitrogens with one attached hydrogen (secondary N) is 3. The summed E-state index contributed by atoms with van der Waals surface area (Å²) in [5, 5.41) is 8.47. The van der Waals surface area contributed by atoms with Gasteiger partial charge >= 0.3 is 0 Å². The van der Waals surface area contributed by atoms with Gasteiger partial charge in [-0.3, -0.25) is 14.4 Å². The van der Waals surface area contributed by atoms with Gasteiger partial charge in [-0.15, -0.1) is 11.3 Å². The number of carbonyl (C=O) groups is 3. The van der Waals surface area contributed by atoms with E-state index >= 15 is 0 Å². The number of alkyl halides is 2. The van der Waals surface area contributed by atoms with E-state index in [1.807, 2.05) is 0 Å². The van der Waals surface area contributed by atoms with Crippen LogP contribution in [0.3, 0.4) is 0 Å². The number of carbonyl (C=O) groups excluding carboxylic acids is 3. The molecule has 2 heterocycles. The van der Waals surface area contributed by atoms with Gasteiger partial charge in [0.2, 0.25) is 5.91 Å². The number of ether oxygens (including phenoxy) is 1. The summed E-state index contributed by atoms with van der Waals surface area (Å²) in [5.74, 6) is -0.797. The number of nitrogens with zero attached hydrogens (tertiary/aromatic N) is 1. The average Bonchev–Trinajstić information content (AvgIpc) is 3.26. The summed E-state index contributed by atoms with van der Waals surface area (Å²) in [6, 6.07) is 6.46. The molecule has 1 aliphatic heterocycles. The van der Waals surface area contributed by atoms with Gasteiger partial charge in [0.1, 0.15) is 12.6 Å². The summed E-state index contributed by atoms with van der Waals surface area (Å²) in [7, 11) is 0. The van der Waals surface area contributed by atoms with Crippen LogP contribution in [0.1, 0.15) is 40.9 Å². The highest BCUT2D eigenvalue weighted by Gasteiger charge is 2.27. The molecule has 2 fully saturated rings. The first-order chi connectivity index (χ1) is 17.3. The molecule has 194 valence electrons. The van der Waals surface area contributed by atoms with Crippen LogP contribution in [-0.2, 0) is 14.3 Å². The zero-order chi connectivity index (χ0) is 25.7. The van der Waals surface area contributed by atoms with E-state index in [4.69, 9.17) is 16.3 Å². The molecule has 8 nitrogen and oxygen atoms in total. The van der Waals surface area contributed by atoms with Crippen molar-refractivity contribution in [3.05, 3.63) is 45.1 Å². The topological polar surface area (TPSA) is 99.8 Å². The molecule has 0 spiro atoms. The quantitative estimate of drug-likeness (QED) is 0.425. The zero-order valence-electron chi connectivity index (χ0n) is 19.4. The van der Waals surface area contributed by atoms with Gasteiger partial charge in [0, 0.05) is 30.0 Å². The molecule has 1 saturated heterocycles. The minimum Gasteiger partial charge on any atom is -0.370 e. The van der Waals surface area contributed by atoms with Crippen LogP contribution in [0.25, 0.3) is 0 Å². The first-order valence-electron chi connectivity index (χ1n) is 11.7. The number of hydrogen-bond acceptors (Lipinski definition) is 6. The Morgan fingerprint density at radius 2 is 2.03 bits per heavy atom. The van der Waals surface area contributed by atoms with Crippen LogP contribution in [0.4, 0.5) is 20.2 Å². The summed E-state index contributed by atoms with van der Waals surface area (Å²) in [4.78, 5) is 39.5. The summed E-state index contributed by atoms with van der Waals surface area (Å²) in [6.45, 7) is 1.01. The third-order valence-corrected chi connectivity index (χ3v) is 7.51. The lowest BCUT2D eigenvalue weighted by Crippen LogP contribution is -2.50. The van der Waals surface area contributed by atoms with E-state index in [0.29, 0.717) is 34.0 Å². The lowest BCUT2D eigenvalue weighted by atomic mass is 9.85. The van der Waals surface area contributed by atoms with Crippen molar-refractivity contribution in [1.82, 2.24) is 10.6 Å². The molecule has 0 bridgehead atoms. The summed E-state index contributed by atoms with van der Waals surface area (Å²) in [5.41, 5.74) is -0.125. The smallest absolute Gasteiger partial charge is 0.265 e. The molecule has 1 atom stereocenters. The maximum atomic E-state index is 13.9. The first-order valence-corrected chi connectivity index (χ1v) is 12.9. The number of thiophene rings is 1. The van der Waals surface area contributed by atoms with Crippen LogP contribution in [0.15, 0.2) is 30.3 Å². The lowest BCUT2D eigenvalue weighted by Gasteiger charge is -2.29. The number of amides is 3. The van der Waals surface area contributed by atoms with E-state index in [2.05, 4.69) is 16.0 Å². The highest BCUT2D eigenvalue weighted by molar-refractivity contribution is 7.18. The van der Waals surface area contributed by atoms with E-state index in [0.717, 1.165) is 30.6 Å². The second-order valence-electron chi connectivity index (χ2n) is 8.73. The van der Waals surface area contributed by atoms with Crippen molar-refractivity contribution in [2.75, 3.05) is 43.1 Å². The van der Waals surface area contributed by atoms with Crippen LogP contribution >= 0.6 is 22.9 Å². The van der Waals surface area contributed by atoms with Crippen molar-refractivity contribution in [2.45, 2.75) is 31.7 Å². The Bertz CT molecular complexity index is 1110. The fraction of sp³-hybridized carbons (Fsp3) is 0.458. The van der Waals surface area contributed by atoms with E-state index in [1.165, 1.54) is 23.1 Å². The average molecular weight is 541 g/mol. The Labute approximate surface area is 216 Å². The van der Waals surface area contributed by atoms with Crippen molar-refractivity contribution < 1.29 is 27.9 Å². The van der Waals surface area contributed by atoms with Crippen LogP contribution in [0.5, 0.6) is 0 Å². The Morgan fingerprint density at radius 3 is 2.67 bits per heavy atom. The maximum Gasteiger partial charge on any atom is 0.265 e. The Hall–Kier alpha value is -2.60. The highest BCUT2D eigenvalue weighted by Crippen LogP contribution is 2.32. The standard InChI is InChI=1S/C24H27ClF2N4O4S/c25-20-7-6-19(36-20)24(34)29-12-18(28-11-14-2-1-3-14)23(33)30-17-5-4-15(10-16(17)22(26)27)31-8-9-35-13-21(31)32/h4-7,10,14,18,22,28H,1-3,8-9,11-13H2,(H,29,34)(H,30,33)/t18-/m1/s1. The minimum absolute atomic E-state index is 0.0305. The number of benzene rings is 1. The van der Waals surface area contributed by atoms with Gasteiger partial charge in [-0.05, 0) is 55.6 Å². The highest BCUT2D eigenvalue weighted by atomic mass is 35.5. The van der Waals surface area contributed by atoms with E-state index in [9.17, 15) is 23.2 Å². The van der Waals surface area contributed by atoms with Gasteiger partial charge < -0.3 is 25.6 Å². The monoisotopic (exact) mass is 540 g/mol. The first kappa shape index (κ1) is 26.5. The summed E-state index contributed by atoms with van der Waals surface area (Å²) >= 11 is 7.02. The maximum absolute atomic E-state index is 13.9. The SMILES string of the molecule is O=C(NC[C@@H](NCC1CCC1)C(=O)Nc1ccc(N2CCOCC2=O)cc1C(F)F)c1ccc(Cl)s1. The number of rotatable bonds is 10. The molecule has 3 N–H and O–H groups in total. The molecule has 0 radical (unpaired) electrons. The number of anilines is 2. The van der Waals surface area contributed by atoms with Crippen molar-refractivity contribution in [1.29, 1.82) is 0 Å². The third-order valence-electron chi connectivity index (χ3n) is 6.28. The van der Waals surface area contributed by atoms with E-state index in [-0.39, 0.29) is 37.2 Å². The molecule has 2 aromatic rings. The molecule has 12 heteroatoms.